The molecule has 0 rings (SSSR count). The summed E-state index contributed by atoms with van der Waals surface area (Å²) in [6.45, 7) is 4.33. The van der Waals surface area contributed by atoms with E-state index in [9.17, 15) is 0 Å². The molecule has 100 valence electrons. The van der Waals surface area contributed by atoms with E-state index in [1.165, 1.54) is 0 Å². The normalized spacial score (nSPS) is 5.56. The predicted octanol–water partition coefficient (Wildman–Crippen LogP) is -0.933. The van der Waals surface area contributed by atoms with Crippen LogP contribution >= 0.6 is 0 Å². The first-order chi connectivity index (χ1) is 6.93. The number of carbonyl (C=O) groups is 4. The van der Waals surface area contributed by atoms with E-state index in [-0.39, 0.29) is 59.1 Å². The van der Waals surface area contributed by atoms with E-state index in [0.29, 0.717) is 0 Å². The maximum atomic E-state index is 9.00. The molecule has 10 heteroatoms. The molecule has 0 aliphatic rings. The molecule has 4 N–H and O–H groups in total. The minimum atomic E-state index is -0.833. The molecule has 0 atom stereocenters. The van der Waals surface area contributed by atoms with Gasteiger partial charge in [-0.2, -0.15) is 0 Å². The Kier molecular flexibility index (Phi) is 60.5. The Bertz CT molecular complexity index is 165. The molecule has 0 amide bonds. The molecule has 0 aliphatic carbocycles. The average Bonchev–Trinajstić information content (AvgIpc) is 1.76. The van der Waals surface area contributed by atoms with Gasteiger partial charge >= 0.3 is 59.1 Å². The number of aliphatic carboxylic acids is 4. The molecule has 0 aliphatic heterocycles. The molecular formula is C8H18Na2O8. The molecule has 0 saturated heterocycles. The van der Waals surface area contributed by atoms with E-state index in [1.807, 2.05) is 0 Å². The van der Waals surface area contributed by atoms with E-state index in [0.717, 1.165) is 27.7 Å². The van der Waals surface area contributed by atoms with Gasteiger partial charge < -0.3 is 20.4 Å². The second kappa shape index (κ2) is 30.2. The third-order valence-electron chi connectivity index (χ3n) is 0. The number of carboxylic acids is 4. The first-order valence-electron chi connectivity index (χ1n) is 3.71. The SMILES string of the molecule is CC(=O)O.CC(=O)O.CC(=O)O.CC(=O)O.[NaH].[NaH]. The van der Waals surface area contributed by atoms with Gasteiger partial charge in [0.2, 0.25) is 0 Å². The number of rotatable bonds is 0. The Hall–Kier alpha value is -0.120. The van der Waals surface area contributed by atoms with Crippen LogP contribution in [0.4, 0.5) is 0 Å². The monoisotopic (exact) mass is 288 g/mol. The van der Waals surface area contributed by atoms with Gasteiger partial charge in [0.05, 0.1) is 0 Å². The van der Waals surface area contributed by atoms with Gasteiger partial charge in [0.1, 0.15) is 0 Å². The van der Waals surface area contributed by atoms with E-state index < -0.39 is 23.9 Å². The fraction of sp³-hybridized carbons (Fsp3) is 0.500. The van der Waals surface area contributed by atoms with Crippen molar-refractivity contribution in [2.24, 2.45) is 0 Å². The van der Waals surface area contributed by atoms with Gasteiger partial charge in [-0.3, -0.25) is 19.2 Å². The van der Waals surface area contributed by atoms with E-state index in [4.69, 9.17) is 39.6 Å². The molecule has 0 aromatic heterocycles. The van der Waals surface area contributed by atoms with Gasteiger partial charge in [0.15, 0.2) is 0 Å². The van der Waals surface area contributed by atoms with Gasteiger partial charge in [-0.15, -0.1) is 0 Å². The molecule has 0 spiro atoms. The Balaban J connectivity index is -0.0000000257. The van der Waals surface area contributed by atoms with Crippen molar-refractivity contribution in [1.82, 2.24) is 0 Å². The van der Waals surface area contributed by atoms with Crippen molar-refractivity contribution >= 4 is 83.0 Å². The molecule has 0 bridgehead atoms. The number of hydrogen-bond donors (Lipinski definition) is 4. The second-order valence-electron chi connectivity index (χ2n) is 2.08. The molecule has 0 radical (unpaired) electrons. The van der Waals surface area contributed by atoms with Crippen LogP contribution in [0.15, 0.2) is 0 Å². The van der Waals surface area contributed by atoms with Crippen LogP contribution in [0, 0.1) is 0 Å². The standard InChI is InChI=1S/4C2H4O2.2Na.2H/c4*1-2(3)4;;;;/h4*1H3,(H,3,4);;;;. The fourth-order valence-corrected chi connectivity index (χ4v) is 0. The molecule has 18 heavy (non-hydrogen) atoms. The number of hydrogen-bond acceptors (Lipinski definition) is 4. The van der Waals surface area contributed by atoms with Gasteiger partial charge in [-0.1, -0.05) is 0 Å². The Labute approximate surface area is 149 Å². The van der Waals surface area contributed by atoms with E-state index >= 15 is 0 Å². The zero-order valence-electron chi connectivity index (χ0n) is 9.42. The van der Waals surface area contributed by atoms with E-state index in [2.05, 4.69) is 0 Å². The van der Waals surface area contributed by atoms with Crippen molar-refractivity contribution in [3.63, 3.8) is 0 Å². The molecule has 0 fully saturated rings. The summed E-state index contributed by atoms with van der Waals surface area (Å²) in [5, 5.41) is 29.7. The van der Waals surface area contributed by atoms with Crippen molar-refractivity contribution in [2.45, 2.75) is 27.7 Å². The summed E-state index contributed by atoms with van der Waals surface area (Å²) in [5.74, 6) is -3.33. The summed E-state index contributed by atoms with van der Waals surface area (Å²) in [5.41, 5.74) is 0. The number of carboxylic acid groups (broad SMARTS) is 4. The average molecular weight is 288 g/mol. The maximum absolute atomic E-state index is 9.00. The molecule has 0 aromatic carbocycles. The third kappa shape index (κ3) is 244000. The molecule has 0 unspecified atom stereocenters. The van der Waals surface area contributed by atoms with E-state index in [1.54, 1.807) is 0 Å². The minimum absolute atomic E-state index is 0. The Morgan fingerprint density at radius 3 is 0.500 bits per heavy atom. The van der Waals surface area contributed by atoms with Crippen LogP contribution in [0.2, 0.25) is 0 Å². The van der Waals surface area contributed by atoms with Crippen molar-refractivity contribution in [3.8, 4) is 0 Å². The Morgan fingerprint density at radius 1 is 0.500 bits per heavy atom. The van der Waals surface area contributed by atoms with Crippen LogP contribution in [-0.4, -0.2) is 103 Å². The van der Waals surface area contributed by atoms with Crippen LogP contribution in [-0.2, 0) is 19.2 Å². The fourth-order valence-electron chi connectivity index (χ4n) is 0. The zero-order chi connectivity index (χ0) is 14.3. The van der Waals surface area contributed by atoms with Crippen LogP contribution in [0.1, 0.15) is 27.7 Å². The summed E-state index contributed by atoms with van der Waals surface area (Å²) >= 11 is 0. The van der Waals surface area contributed by atoms with Crippen molar-refractivity contribution in [2.75, 3.05) is 0 Å². The van der Waals surface area contributed by atoms with Crippen LogP contribution in [0.5, 0.6) is 0 Å². The summed E-state index contributed by atoms with van der Waals surface area (Å²) in [6.07, 6.45) is 0. The topological polar surface area (TPSA) is 149 Å². The van der Waals surface area contributed by atoms with Gasteiger partial charge in [0.25, 0.3) is 23.9 Å². The van der Waals surface area contributed by atoms with Gasteiger partial charge in [0, 0.05) is 27.7 Å². The summed E-state index contributed by atoms with van der Waals surface area (Å²) in [4.78, 5) is 36.0. The molecule has 8 nitrogen and oxygen atoms in total. The summed E-state index contributed by atoms with van der Waals surface area (Å²) in [7, 11) is 0. The van der Waals surface area contributed by atoms with Crippen molar-refractivity contribution in [1.29, 1.82) is 0 Å². The zero-order valence-corrected chi connectivity index (χ0v) is 9.42. The third-order valence-corrected chi connectivity index (χ3v) is 0. The molecular weight excluding hydrogens is 270 g/mol. The van der Waals surface area contributed by atoms with Crippen molar-refractivity contribution < 1.29 is 39.6 Å². The van der Waals surface area contributed by atoms with Crippen molar-refractivity contribution in [3.05, 3.63) is 0 Å². The summed E-state index contributed by atoms with van der Waals surface area (Å²) < 4.78 is 0. The quantitative estimate of drug-likeness (QED) is 0.417. The van der Waals surface area contributed by atoms with Gasteiger partial charge in [-0.25, -0.2) is 0 Å². The van der Waals surface area contributed by atoms with Crippen LogP contribution < -0.4 is 0 Å². The summed E-state index contributed by atoms with van der Waals surface area (Å²) in [6, 6.07) is 0. The Morgan fingerprint density at radius 2 is 0.500 bits per heavy atom. The first kappa shape index (κ1) is 36.1. The van der Waals surface area contributed by atoms with Crippen LogP contribution in [0.3, 0.4) is 0 Å². The molecule has 0 saturated carbocycles. The second-order valence-corrected chi connectivity index (χ2v) is 2.08. The predicted molar refractivity (Wildman–Crippen MR) is 67.5 cm³/mol. The van der Waals surface area contributed by atoms with Gasteiger partial charge in [-0.05, 0) is 0 Å². The van der Waals surface area contributed by atoms with Crippen LogP contribution in [0.25, 0.3) is 0 Å². The molecule has 0 aromatic rings. The first-order valence-corrected chi connectivity index (χ1v) is 3.71. The molecule has 0 heterocycles.